The van der Waals surface area contributed by atoms with Crippen LogP contribution in [-0.2, 0) is 16.1 Å². The van der Waals surface area contributed by atoms with Crippen molar-refractivity contribution >= 4 is 23.2 Å². The molecule has 0 saturated heterocycles. The average molecular weight is 403 g/mol. The van der Waals surface area contributed by atoms with Crippen LogP contribution in [0.4, 0.5) is 0 Å². The van der Waals surface area contributed by atoms with E-state index in [4.69, 9.17) is 9.47 Å². The van der Waals surface area contributed by atoms with Gasteiger partial charge in [-0.15, -0.1) is 11.3 Å². The summed E-state index contributed by atoms with van der Waals surface area (Å²) in [5.74, 6) is 0.333. The van der Waals surface area contributed by atoms with Crippen LogP contribution >= 0.6 is 11.3 Å². The molecule has 1 saturated carbocycles. The van der Waals surface area contributed by atoms with Gasteiger partial charge in [0.1, 0.15) is 12.4 Å². The summed E-state index contributed by atoms with van der Waals surface area (Å²) >= 11 is 1.51. The molecule has 7 heteroatoms. The Balaban J connectivity index is 1.48. The van der Waals surface area contributed by atoms with E-state index in [9.17, 15) is 9.59 Å². The number of thiazole rings is 1. The Bertz CT molecular complexity index is 776. The first kappa shape index (κ1) is 20.3. The van der Waals surface area contributed by atoms with Crippen molar-refractivity contribution in [3.05, 3.63) is 46.4 Å². The summed E-state index contributed by atoms with van der Waals surface area (Å²) in [6.45, 7) is 4.13. The second kappa shape index (κ2) is 9.68. The first-order valence-electron chi connectivity index (χ1n) is 9.64. The third-order valence-corrected chi connectivity index (χ3v) is 5.69. The van der Waals surface area contributed by atoms with Crippen LogP contribution in [0, 0.1) is 5.92 Å². The van der Waals surface area contributed by atoms with Gasteiger partial charge in [0.2, 0.25) is 0 Å². The molecule has 6 nitrogen and oxygen atoms in total. The summed E-state index contributed by atoms with van der Waals surface area (Å²) in [6, 6.07) is 6.84. The van der Waals surface area contributed by atoms with Gasteiger partial charge in [0.05, 0.1) is 16.8 Å². The number of carbonyl (C=O) groups excluding carboxylic acids is 2. The van der Waals surface area contributed by atoms with E-state index in [-0.39, 0.29) is 11.9 Å². The van der Waals surface area contributed by atoms with Gasteiger partial charge in [-0.25, -0.2) is 9.78 Å². The van der Waals surface area contributed by atoms with Gasteiger partial charge in [-0.3, -0.25) is 4.79 Å². The van der Waals surface area contributed by atoms with Crippen molar-refractivity contribution in [3.63, 3.8) is 0 Å². The van der Waals surface area contributed by atoms with Gasteiger partial charge in [-0.05, 0) is 49.9 Å². The number of amides is 1. The fraction of sp³-hybridized carbons (Fsp3) is 0.476. The normalized spacial score (nSPS) is 20.2. The number of aromatic nitrogens is 1. The molecule has 0 spiro atoms. The van der Waals surface area contributed by atoms with Crippen LogP contribution in [0.25, 0.3) is 0 Å². The highest BCUT2D eigenvalue weighted by atomic mass is 32.1. The molecule has 3 rings (SSSR count). The second-order valence-corrected chi connectivity index (χ2v) is 7.94. The zero-order valence-corrected chi connectivity index (χ0v) is 17.0. The molecule has 1 aliphatic rings. The Morgan fingerprint density at radius 3 is 2.68 bits per heavy atom. The van der Waals surface area contributed by atoms with Crippen LogP contribution in [0.5, 0.6) is 5.75 Å². The molecule has 3 unspecified atom stereocenters. The number of nitrogens with zero attached hydrogens (tertiary/aromatic N) is 1. The molecule has 28 heavy (non-hydrogen) atoms. The Labute approximate surface area is 169 Å². The topological polar surface area (TPSA) is 77.5 Å². The number of hydrogen-bond acceptors (Lipinski definition) is 6. The van der Waals surface area contributed by atoms with Crippen molar-refractivity contribution in [3.8, 4) is 5.75 Å². The predicted octanol–water partition coefficient (Wildman–Crippen LogP) is 3.96. The zero-order chi connectivity index (χ0) is 19.9. The molecule has 0 radical (unpaired) electrons. The quantitative estimate of drug-likeness (QED) is 0.709. The Hall–Kier alpha value is -2.41. The molecule has 1 aliphatic carbocycles. The van der Waals surface area contributed by atoms with E-state index in [1.807, 2.05) is 5.38 Å². The van der Waals surface area contributed by atoms with E-state index in [0.29, 0.717) is 23.8 Å². The maximum Gasteiger partial charge on any atom is 0.338 e. The molecule has 1 heterocycles. The highest BCUT2D eigenvalue weighted by Crippen LogP contribution is 2.24. The summed E-state index contributed by atoms with van der Waals surface area (Å²) in [4.78, 5) is 28.8. The van der Waals surface area contributed by atoms with Crippen molar-refractivity contribution < 1.29 is 19.1 Å². The minimum Gasteiger partial charge on any atom is -0.487 e. The molecule has 2 aromatic rings. The lowest BCUT2D eigenvalue weighted by Gasteiger charge is -2.30. The van der Waals surface area contributed by atoms with E-state index in [0.717, 1.165) is 25.0 Å². The molecule has 1 N–H and O–H groups in total. The second-order valence-electron chi connectivity index (χ2n) is 7.22. The van der Waals surface area contributed by atoms with Crippen LogP contribution in [0.1, 0.15) is 55.6 Å². The van der Waals surface area contributed by atoms with E-state index < -0.39 is 12.1 Å². The van der Waals surface area contributed by atoms with E-state index >= 15 is 0 Å². The number of benzene rings is 1. The number of hydrogen-bond donors (Lipinski definition) is 1. The van der Waals surface area contributed by atoms with Gasteiger partial charge in [0.15, 0.2) is 6.10 Å². The molecular weight excluding hydrogens is 376 g/mol. The highest BCUT2D eigenvalue weighted by molar-refractivity contribution is 7.07. The monoisotopic (exact) mass is 402 g/mol. The Morgan fingerprint density at radius 2 is 2.00 bits per heavy atom. The fourth-order valence-electron chi connectivity index (χ4n) is 3.27. The molecule has 3 atom stereocenters. The highest BCUT2D eigenvalue weighted by Gasteiger charge is 2.26. The summed E-state index contributed by atoms with van der Waals surface area (Å²) in [6.07, 6.45) is 3.61. The molecule has 1 fully saturated rings. The number of nitrogens with one attached hydrogen (secondary N) is 1. The smallest absolute Gasteiger partial charge is 0.338 e. The summed E-state index contributed by atoms with van der Waals surface area (Å²) < 4.78 is 11.0. The van der Waals surface area contributed by atoms with Crippen LogP contribution < -0.4 is 10.1 Å². The lowest BCUT2D eigenvalue weighted by atomic mass is 9.86. The summed E-state index contributed by atoms with van der Waals surface area (Å²) in [5.41, 5.74) is 3.00. The third-order valence-electron chi connectivity index (χ3n) is 5.05. The van der Waals surface area contributed by atoms with Gasteiger partial charge in [-0.1, -0.05) is 19.8 Å². The average Bonchev–Trinajstić information content (AvgIpc) is 3.22. The maximum atomic E-state index is 12.4. The van der Waals surface area contributed by atoms with E-state index in [1.165, 1.54) is 17.8 Å². The summed E-state index contributed by atoms with van der Waals surface area (Å²) in [7, 11) is 0. The fourth-order valence-corrected chi connectivity index (χ4v) is 3.81. The molecule has 0 bridgehead atoms. The van der Waals surface area contributed by atoms with Gasteiger partial charge in [0, 0.05) is 11.4 Å². The Kier molecular flexibility index (Phi) is 7.03. The lowest BCUT2D eigenvalue weighted by Crippen LogP contribution is -2.45. The van der Waals surface area contributed by atoms with Crippen LogP contribution in [0.15, 0.2) is 35.2 Å². The number of rotatable bonds is 7. The lowest BCUT2D eigenvalue weighted by molar-refractivity contribution is -0.130. The molecule has 150 valence electrons. The van der Waals surface area contributed by atoms with Crippen LogP contribution in [0.2, 0.25) is 0 Å². The zero-order valence-electron chi connectivity index (χ0n) is 16.2. The SMILES string of the molecule is CC(OC(=O)c1ccc(OCc2cscn2)cc1)C(=O)NC1CCCCC1C. The Morgan fingerprint density at radius 1 is 1.25 bits per heavy atom. The van der Waals surface area contributed by atoms with Gasteiger partial charge < -0.3 is 14.8 Å². The summed E-state index contributed by atoms with van der Waals surface area (Å²) in [5, 5.41) is 4.95. The van der Waals surface area contributed by atoms with E-state index in [1.54, 1.807) is 36.7 Å². The largest absolute Gasteiger partial charge is 0.487 e. The number of esters is 1. The molecule has 0 aliphatic heterocycles. The van der Waals surface area contributed by atoms with Crippen molar-refractivity contribution in [1.82, 2.24) is 10.3 Å². The van der Waals surface area contributed by atoms with Crippen LogP contribution in [-0.4, -0.2) is 29.0 Å². The first-order valence-corrected chi connectivity index (χ1v) is 10.6. The van der Waals surface area contributed by atoms with Crippen molar-refractivity contribution in [2.75, 3.05) is 0 Å². The van der Waals surface area contributed by atoms with Crippen molar-refractivity contribution in [1.29, 1.82) is 0 Å². The molecule has 1 aromatic carbocycles. The molecular formula is C21H26N2O4S. The number of carbonyl (C=O) groups is 2. The van der Waals surface area contributed by atoms with Gasteiger partial charge in [-0.2, -0.15) is 0 Å². The predicted molar refractivity (Wildman–Crippen MR) is 107 cm³/mol. The van der Waals surface area contributed by atoms with Crippen molar-refractivity contribution in [2.45, 2.75) is 58.3 Å². The third kappa shape index (κ3) is 5.55. The van der Waals surface area contributed by atoms with Gasteiger partial charge in [0.25, 0.3) is 5.91 Å². The van der Waals surface area contributed by atoms with Gasteiger partial charge >= 0.3 is 5.97 Å². The minimum atomic E-state index is -0.831. The van der Waals surface area contributed by atoms with Crippen LogP contribution in [0.3, 0.4) is 0 Å². The minimum absolute atomic E-state index is 0.163. The van der Waals surface area contributed by atoms with E-state index in [2.05, 4.69) is 17.2 Å². The first-order chi connectivity index (χ1) is 13.5. The molecule has 1 amide bonds. The number of ether oxygens (including phenoxy) is 2. The standard InChI is InChI=1S/C21H26N2O4S/c1-14-5-3-4-6-19(14)23-20(24)15(2)27-21(25)16-7-9-18(10-8-16)26-11-17-12-28-13-22-17/h7-10,12-15,19H,3-6,11H2,1-2H3,(H,23,24). The molecule has 1 aromatic heterocycles. The maximum absolute atomic E-state index is 12.4. The van der Waals surface area contributed by atoms with Crippen molar-refractivity contribution in [2.24, 2.45) is 5.92 Å².